The lowest BCUT2D eigenvalue weighted by Gasteiger charge is -2.08. The molecule has 0 saturated heterocycles. The van der Waals surface area contributed by atoms with E-state index in [2.05, 4.69) is 5.32 Å². The number of ether oxygens (including phenoxy) is 7. The normalized spacial score (nSPS) is 10.8. The highest BCUT2D eigenvalue weighted by molar-refractivity contribution is 6.40. The molecule has 2 N–H and O–H groups in total. The minimum absolute atomic E-state index is 0.0127. The number of benzene rings is 1. The lowest BCUT2D eigenvalue weighted by molar-refractivity contribution is -0.140. The summed E-state index contributed by atoms with van der Waals surface area (Å²) in [5.41, 5.74) is 0.287. The zero-order valence-corrected chi connectivity index (χ0v) is 22.8. The van der Waals surface area contributed by atoms with E-state index in [0.717, 1.165) is 0 Å². The van der Waals surface area contributed by atoms with Crippen LogP contribution in [0.2, 0.25) is 0 Å². The summed E-state index contributed by atoms with van der Waals surface area (Å²) in [6, 6.07) is 8.21. The lowest BCUT2D eigenvalue weighted by Crippen LogP contribution is -2.25. The molecule has 0 heterocycles. The number of amides is 1. The maximum absolute atomic E-state index is 11.8. The summed E-state index contributed by atoms with van der Waals surface area (Å²) in [7, 11) is 0. The summed E-state index contributed by atoms with van der Waals surface area (Å²) in [5, 5.41) is 11.1. The number of aliphatic carboxylic acids is 1. The van der Waals surface area contributed by atoms with E-state index in [1.807, 2.05) is 0 Å². The zero-order valence-electron chi connectivity index (χ0n) is 22.8. The third-order valence-corrected chi connectivity index (χ3v) is 4.90. The van der Waals surface area contributed by atoms with Crippen molar-refractivity contribution in [2.75, 3.05) is 92.4 Å². The molecule has 0 aliphatic rings. The van der Waals surface area contributed by atoms with Gasteiger partial charge in [-0.05, 0) is 6.42 Å². The molecule has 1 aromatic carbocycles. The first-order valence-corrected chi connectivity index (χ1v) is 13.2. The highest BCUT2D eigenvalue weighted by atomic mass is 16.6. The summed E-state index contributed by atoms with van der Waals surface area (Å²) >= 11 is 0. The van der Waals surface area contributed by atoms with Crippen LogP contribution < -0.4 is 5.32 Å². The Hall–Kier alpha value is -2.94. The Bertz CT molecular complexity index is 821. The maximum atomic E-state index is 11.8. The van der Waals surface area contributed by atoms with Crippen molar-refractivity contribution in [3.8, 4) is 0 Å². The Morgan fingerprint density at radius 1 is 0.600 bits per heavy atom. The first-order chi connectivity index (χ1) is 19.5. The van der Waals surface area contributed by atoms with Gasteiger partial charge in [-0.1, -0.05) is 30.3 Å². The van der Waals surface area contributed by atoms with Crippen LogP contribution in [0.25, 0.3) is 0 Å². The molecule has 0 aliphatic heterocycles. The zero-order chi connectivity index (χ0) is 29.1. The standard InChI is InChI=1S/C27H41NO12/c29-24(7-8-25(30)31)28-9-4-10-34-11-12-35-13-14-36-15-16-37-17-18-38-19-20-39-21-22-40-27(33)26(32)23-5-2-1-3-6-23/h1-3,5-6H,4,7-22H2,(H,28,29)(H,30,31). The van der Waals surface area contributed by atoms with Crippen LogP contribution in [0.15, 0.2) is 30.3 Å². The molecule has 40 heavy (non-hydrogen) atoms. The average molecular weight is 572 g/mol. The predicted molar refractivity (Wildman–Crippen MR) is 141 cm³/mol. The van der Waals surface area contributed by atoms with Crippen LogP contribution in [0.5, 0.6) is 0 Å². The van der Waals surface area contributed by atoms with E-state index in [-0.39, 0.29) is 37.5 Å². The van der Waals surface area contributed by atoms with Crippen LogP contribution in [0.3, 0.4) is 0 Å². The maximum Gasteiger partial charge on any atom is 0.379 e. The number of carboxylic acids is 1. The van der Waals surface area contributed by atoms with Crippen LogP contribution in [0.1, 0.15) is 29.6 Å². The van der Waals surface area contributed by atoms with Gasteiger partial charge in [0.1, 0.15) is 6.61 Å². The number of rotatable bonds is 27. The minimum atomic E-state index is -0.991. The smallest absolute Gasteiger partial charge is 0.379 e. The fourth-order valence-electron chi connectivity index (χ4n) is 2.88. The molecular formula is C27H41NO12. The van der Waals surface area contributed by atoms with Gasteiger partial charge < -0.3 is 43.6 Å². The number of nitrogens with one attached hydrogen (secondary N) is 1. The summed E-state index contributed by atoms with van der Waals surface area (Å²) in [5.74, 6) is -2.86. The monoisotopic (exact) mass is 571 g/mol. The molecule has 1 amide bonds. The van der Waals surface area contributed by atoms with E-state index in [9.17, 15) is 19.2 Å². The van der Waals surface area contributed by atoms with Crippen molar-refractivity contribution >= 4 is 23.6 Å². The molecule has 1 aromatic rings. The molecule has 0 fully saturated rings. The molecule has 0 radical (unpaired) electrons. The van der Waals surface area contributed by atoms with Gasteiger partial charge in [-0.15, -0.1) is 0 Å². The molecule has 0 aromatic heterocycles. The van der Waals surface area contributed by atoms with Crippen LogP contribution in [-0.4, -0.2) is 121 Å². The molecule has 1 rings (SSSR count). The average Bonchev–Trinajstić information content (AvgIpc) is 2.96. The molecule has 0 aliphatic carbocycles. The fraction of sp³-hybridized carbons (Fsp3) is 0.630. The Morgan fingerprint density at radius 2 is 1.05 bits per heavy atom. The van der Waals surface area contributed by atoms with E-state index in [0.29, 0.717) is 85.6 Å². The molecular weight excluding hydrogens is 530 g/mol. The molecule has 0 atom stereocenters. The molecule has 0 saturated carbocycles. The Balaban J connectivity index is 1.73. The summed E-state index contributed by atoms with van der Waals surface area (Å²) in [6.07, 6.45) is 0.448. The minimum Gasteiger partial charge on any atom is -0.481 e. The number of hydrogen-bond acceptors (Lipinski definition) is 11. The molecule has 0 spiro atoms. The van der Waals surface area contributed by atoms with Crippen molar-refractivity contribution in [3.05, 3.63) is 35.9 Å². The molecule has 0 bridgehead atoms. The van der Waals surface area contributed by atoms with Crippen LogP contribution >= 0.6 is 0 Å². The summed E-state index contributed by atoms with van der Waals surface area (Å²) < 4.78 is 37.2. The van der Waals surface area contributed by atoms with Crippen LogP contribution in [-0.2, 0) is 47.5 Å². The van der Waals surface area contributed by atoms with Gasteiger partial charge in [-0.3, -0.25) is 14.4 Å². The first-order valence-electron chi connectivity index (χ1n) is 13.2. The van der Waals surface area contributed by atoms with E-state index < -0.39 is 17.7 Å². The predicted octanol–water partition coefficient (Wildman–Crippen LogP) is 0.883. The third-order valence-electron chi connectivity index (χ3n) is 4.90. The van der Waals surface area contributed by atoms with E-state index in [1.54, 1.807) is 30.3 Å². The third kappa shape index (κ3) is 21.0. The first kappa shape index (κ1) is 35.1. The quantitative estimate of drug-likeness (QED) is 0.0664. The number of carbonyl (C=O) groups is 4. The van der Waals surface area contributed by atoms with Gasteiger partial charge in [0, 0.05) is 25.1 Å². The number of hydrogen-bond donors (Lipinski definition) is 2. The number of ketones is 1. The lowest BCUT2D eigenvalue weighted by atomic mass is 10.1. The van der Waals surface area contributed by atoms with Gasteiger partial charge in [0.2, 0.25) is 5.91 Å². The number of esters is 1. The van der Waals surface area contributed by atoms with E-state index in [4.69, 9.17) is 38.3 Å². The number of Topliss-reactive ketones (excluding diaryl/α,β-unsaturated/α-hetero) is 1. The Labute approximate surface area is 234 Å². The van der Waals surface area contributed by atoms with Crippen molar-refractivity contribution < 1.29 is 57.4 Å². The second-order valence-corrected chi connectivity index (χ2v) is 8.10. The highest BCUT2D eigenvalue weighted by Crippen LogP contribution is 2.01. The van der Waals surface area contributed by atoms with Gasteiger partial charge in [-0.2, -0.15) is 0 Å². The molecule has 13 heteroatoms. The number of carboxylic acid groups (broad SMARTS) is 1. The molecule has 13 nitrogen and oxygen atoms in total. The van der Waals surface area contributed by atoms with Crippen molar-refractivity contribution in [1.82, 2.24) is 5.32 Å². The summed E-state index contributed by atoms with van der Waals surface area (Å²) in [6.45, 7) is 5.21. The van der Waals surface area contributed by atoms with Gasteiger partial charge in [0.05, 0.1) is 79.1 Å². The van der Waals surface area contributed by atoms with Crippen molar-refractivity contribution in [2.24, 2.45) is 0 Å². The van der Waals surface area contributed by atoms with E-state index >= 15 is 0 Å². The van der Waals surface area contributed by atoms with Gasteiger partial charge in [0.15, 0.2) is 0 Å². The SMILES string of the molecule is O=C(O)CCC(=O)NCCCOCCOCCOCCOCCOCCOCCOC(=O)C(=O)c1ccccc1. The van der Waals surface area contributed by atoms with E-state index in [1.165, 1.54) is 0 Å². The molecule has 0 unspecified atom stereocenters. The van der Waals surface area contributed by atoms with Crippen molar-refractivity contribution in [1.29, 1.82) is 0 Å². The summed E-state index contributed by atoms with van der Waals surface area (Å²) in [4.78, 5) is 45.2. The highest BCUT2D eigenvalue weighted by Gasteiger charge is 2.17. The molecule has 226 valence electrons. The van der Waals surface area contributed by atoms with Gasteiger partial charge in [0.25, 0.3) is 5.78 Å². The topological polar surface area (TPSA) is 165 Å². The second-order valence-electron chi connectivity index (χ2n) is 8.10. The van der Waals surface area contributed by atoms with Gasteiger partial charge >= 0.3 is 11.9 Å². The van der Waals surface area contributed by atoms with Crippen LogP contribution in [0, 0.1) is 0 Å². The Morgan fingerprint density at radius 3 is 1.52 bits per heavy atom. The Kier molecular flexibility index (Phi) is 22.0. The van der Waals surface area contributed by atoms with Crippen molar-refractivity contribution in [3.63, 3.8) is 0 Å². The number of carbonyl (C=O) groups excluding carboxylic acids is 3. The fourth-order valence-corrected chi connectivity index (χ4v) is 2.88. The van der Waals surface area contributed by atoms with Gasteiger partial charge in [-0.25, -0.2) is 4.79 Å². The second kappa shape index (κ2) is 25.1. The van der Waals surface area contributed by atoms with Crippen molar-refractivity contribution in [2.45, 2.75) is 19.3 Å². The largest absolute Gasteiger partial charge is 0.481 e. The van der Waals surface area contributed by atoms with Crippen LogP contribution in [0.4, 0.5) is 0 Å².